The van der Waals surface area contributed by atoms with Crippen LogP contribution < -0.4 is 0 Å². The highest BCUT2D eigenvalue weighted by molar-refractivity contribution is 9.11. The zero-order valence-electron chi connectivity index (χ0n) is 9.77. The van der Waals surface area contributed by atoms with Crippen LogP contribution in [0.1, 0.15) is 17.4 Å². The number of para-hydroxylation sites is 1. The van der Waals surface area contributed by atoms with Crippen molar-refractivity contribution in [2.75, 3.05) is 0 Å². The van der Waals surface area contributed by atoms with E-state index >= 15 is 0 Å². The van der Waals surface area contributed by atoms with Gasteiger partial charge in [-0.15, -0.1) is 16.4 Å². The minimum Gasteiger partial charge on any atom is -0.382 e. The summed E-state index contributed by atoms with van der Waals surface area (Å²) in [6.45, 7) is 0. The largest absolute Gasteiger partial charge is 0.382 e. The summed E-state index contributed by atoms with van der Waals surface area (Å²) in [7, 11) is 0. The number of aliphatic hydroxyl groups excluding tert-OH is 1. The SMILES string of the molecule is OC(c1csc(Br)c1)c1cnnn1-c1ccccc1. The van der Waals surface area contributed by atoms with Crippen LogP contribution in [0.25, 0.3) is 5.69 Å². The van der Waals surface area contributed by atoms with Crippen molar-refractivity contribution in [3.8, 4) is 5.69 Å². The van der Waals surface area contributed by atoms with E-state index in [2.05, 4.69) is 26.2 Å². The fourth-order valence-electron chi connectivity index (χ4n) is 1.84. The van der Waals surface area contributed by atoms with Gasteiger partial charge in [-0.05, 0) is 45.1 Å². The van der Waals surface area contributed by atoms with Gasteiger partial charge in [0, 0.05) is 0 Å². The summed E-state index contributed by atoms with van der Waals surface area (Å²) in [4.78, 5) is 0. The Morgan fingerprint density at radius 2 is 2.05 bits per heavy atom. The van der Waals surface area contributed by atoms with Crippen molar-refractivity contribution in [2.45, 2.75) is 6.10 Å². The summed E-state index contributed by atoms with van der Waals surface area (Å²) >= 11 is 4.93. The molecule has 0 aliphatic rings. The summed E-state index contributed by atoms with van der Waals surface area (Å²) in [5.41, 5.74) is 2.36. The molecule has 0 aliphatic carbocycles. The number of benzene rings is 1. The predicted octanol–water partition coefficient (Wildman–Crippen LogP) is 3.17. The van der Waals surface area contributed by atoms with Crippen LogP contribution in [0.5, 0.6) is 0 Å². The molecule has 1 N–H and O–H groups in total. The maximum Gasteiger partial charge on any atom is 0.124 e. The molecule has 1 aromatic carbocycles. The van der Waals surface area contributed by atoms with E-state index in [1.54, 1.807) is 10.9 Å². The Morgan fingerprint density at radius 1 is 1.26 bits per heavy atom. The summed E-state index contributed by atoms with van der Waals surface area (Å²) in [6, 6.07) is 11.5. The summed E-state index contributed by atoms with van der Waals surface area (Å²) in [6.07, 6.45) is 0.848. The molecule has 0 radical (unpaired) electrons. The van der Waals surface area contributed by atoms with E-state index in [4.69, 9.17) is 0 Å². The number of aliphatic hydroxyl groups is 1. The van der Waals surface area contributed by atoms with Crippen molar-refractivity contribution in [3.05, 3.63) is 63.0 Å². The second-order valence-electron chi connectivity index (χ2n) is 3.99. The fraction of sp³-hybridized carbons (Fsp3) is 0.0769. The Labute approximate surface area is 122 Å². The lowest BCUT2D eigenvalue weighted by atomic mass is 10.1. The van der Waals surface area contributed by atoms with E-state index in [0.717, 1.165) is 15.0 Å². The maximum absolute atomic E-state index is 10.4. The molecule has 6 heteroatoms. The zero-order valence-corrected chi connectivity index (χ0v) is 12.2. The van der Waals surface area contributed by atoms with E-state index in [1.165, 1.54) is 11.3 Å². The standard InChI is InChI=1S/C13H10BrN3OS/c14-12-6-9(8-19-12)13(18)11-7-15-16-17(11)10-4-2-1-3-5-10/h1-8,13,18H. The average Bonchev–Trinajstić information content (AvgIpc) is 3.07. The van der Waals surface area contributed by atoms with Gasteiger partial charge in [0.1, 0.15) is 6.10 Å². The van der Waals surface area contributed by atoms with Gasteiger partial charge in [0.05, 0.1) is 21.4 Å². The molecule has 0 aliphatic heterocycles. The predicted molar refractivity (Wildman–Crippen MR) is 77.4 cm³/mol. The lowest BCUT2D eigenvalue weighted by Crippen LogP contribution is -2.07. The molecule has 0 amide bonds. The van der Waals surface area contributed by atoms with Gasteiger partial charge in [-0.3, -0.25) is 0 Å². The molecule has 3 rings (SSSR count). The molecule has 2 aromatic heterocycles. The van der Waals surface area contributed by atoms with Crippen LogP contribution in [0, 0.1) is 0 Å². The first-order valence-electron chi connectivity index (χ1n) is 5.64. The highest BCUT2D eigenvalue weighted by Gasteiger charge is 2.18. The fourth-order valence-corrected chi connectivity index (χ4v) is 3.03. The Morgan fingerprint density at radius 3 is 2.74 bits per heavy atom. The molecule has 0 bridgehead atoms. The Balaban J connectivity index is 2.01. The number of rotatable bonds is 3. The quantitative estimate of drug-likeness (QED) is 0.799. The molecular formula is C13H10BrN3OS. The number of aromatic nitrogens is 3. The van der Waals surface area contributed by atoms with Crippen LogP contribution in [-0.2, 0) is 0 Å². The topological polar surface area (TPSA) is 50.9 Å². The zero-order chi connectivity index (χ0) is 13.2. The van der Waals surface area contributed by atoms with Crippen LogP contribution in [0.4, 0.5) is 0 Å². The molecule has 0 saturated carbocycles. The Bertz CT molecular complexity index is 680. The smallest absolute Gasteiger partial charge is 0.124 e. The second kappa shape index (κ2) is 5.24. The van der Waals surface area contributed by atoms with Gasteiger partial charge in [-0.2, -0.15) is 0 Å². The van der Waals surface area contributed by atoms with Crippen LogP contribution in [0.15, 0.2) is 51.8 Å². The average molecular weight is 336 g/mol. The van der Waals surface area contributed by atoms with Gasteiger partial charge in [0.25, 0.3) is 0 Å². The lowest BCUT2D eigenvalue weighted by molar-refractivity contribution is 0.212. The van der Waals surface area contributed by atoms with Gasteiger partial charge < -0.3 is 5.11 Å². The van der Waals surface area contributed by atoms with Crippen LogP contribution in [-0.4, -0.2) is 20.1 Å². The van der Waals surface area contributed by atoms with E-state index in [1.807, 2.05) is 41.8 Å². The third-order valence-electron chi connectivity index (χ3n) is 2.76. The molecule has 1 atom stereocenters. The highest BCUT2D eigenvalue weighted by atomic mass is 79.9. The van der Waals surface area contributed by atoms with Crippen molar-refractivity contribution in [1.82, 2.24) is 15.0 Å². The van der Waals surface area contributed by atoms with Crippen LogP contribution >= 0.6 is 27.3 Å². The van der Waals surface area contributed by atoms with E-state index in [-0.39, 0.29) is 0 Å². The molecule has 96 valence electrons. The van der Waals surface area contributed by atoms with Gasteiger partial charge in [0.15, 0.2) is 0 Å². The molecule has 0 saturated heterocycles. The maximum atomic E-state index is 10.4. The summed E-state index contributed by atoms with van der Waals surface area (Å²) in [5, 5.41) is 20.3. The molecule has 4 nitrogen and oxygen atoms in total. The first-order valence-corrected chi connectivity index (χ1v) is 7.31. The molecule has 0 spiro atoms. The molecule has 0 fully saturated rings. The second-order valence-corrected chi connectivity index (χ2v) is 6.28. The molecule has 1 unspecified atom stereocenters. The number of hydrogen-bond acceptors (Lipinski definition) is 4. The number of nitrogens with zero attached hydrogens (tertiary/aromatic N) is 3. The Kier molecular flexibility index (Phi) is 3.46. The first kappa shape index (κ1) is 12.5. The minimum atomic E-state index is -0.738. The molecule has 19 heavy (non-hydrogen) atoms. The van der Waals surface area contributed by atoms with Gasteiger partial charge >= 0.3 is 0 Å². The normalized spacial score (nSPS) is 12.5. The van der Waals surface area contributed by atoms with Crippen molar-refractivity contribution < 1.29 is 5.11 Å². The summed E-state index contributed by atoms with van der Waals surface area (Å²) < 4.78 is 2.64. The summed E-state index contributed by atoms with van der Waals surface area (Å²) in [5.74, 6) is 0. The van der Waals surface area contributed by atoms with Crippen molar-refractivity contribution in [3.63, 3.8) is 0 Å². The highest BCUT2D eigenvalue weighted by Crippen LogP contribution is 2.29. The molecule has 2 heterocycles. The Hall–Kier alpha value is -1.50. The van der Waals surface area contributed by atoms with Gasteiger partial charge in [0.2, 0.25) is 0 Å². The number of thiophene rings is 1. The first-order chi connectivity index (χ1) is 9.25. The van der Waals surface area contributed by atoms with E-state index in [9.17, 15) is 5.11 Å². The van der Waals surface area contributed by atoms with Crippen molar-refractivity contribution >= 4 is 27.3 Å². The monoisotopic (exact) mass is 335 g/mol. The van der Waals surface area contributed by atoms with Crippen LogP contribution in [0.3, 0.4) is 0 Å². The molecular weight excluding hydrogens is 326 g/mol. The molecule has 3 aromatic rings. The van der Waals surface area contributed by atoms with E-state index in [0.29, 0.717) is 5.69 Å². The number of halogens is 1. The van der Waals surface area contributed by atoms with Crippen molar-refractivity contribution in [1.29, 1.82) is 0 Å². The van der Waals surface area contributed by atoms with Gasteiger partial charge in [-0.25, -0.2) is 4.68 Å². The number of hydrogen-bond donors (Lipinski definition) is 1. The van der Waals surface area contributed by atoms with Crippen LogP contribution in [0.2, 0.25) is 0 Å². The lowest BCUT2D eigenvalue weighted by Gasteiger charge is -2.11. The van der Waals surface area contributed by atoms with Gasteiger partial charge in [-0.1, -0.05) is 23.4 Å². The third kappa shape index (κ3) is 2.47. The van der Waals surface area contributed by atoms with Crippen molar-refractivity contribution in [2.24, 2.45) is 0 Å². The minimum absolute atomic E-state index is 0.650. The third-order valence-corrected chi connectivity index (χ3v) is 4.28. The van der Waals surface area contributed by atoms with E-state index < -0.39 is 6.10 Å².